The number of benzene rings is 2. The van der Waals surface area contributed by atoms with E-state index in [0.717, 1.165) is 12.1 Å². The van der Waals surface area contributed by atoms with E-state index in [1.54, 1.807) is 6.07 Å². The fourth-order valence-electron chi connectivity index (χ4n) is 1.87. The molecule has 0 bridgehead atoms. The number of alkyl halides is 4. The summed E-state index contributed by atoms with van der Waals surface area (Å²) in [5.41, 5.74) is 0.0344. The summed E-state index contributed by atoms with van der Waals surface area (Å²) in [6.45, 7) is 0. The van der Waals surface area contributed by atoms with Crippen LogP contribution in [0.15, 0.2) is 42.5 Å². The fourth-order valence-corrected chi connectivity index (χ4v) is 2.19. The zero-order valence-electron chi connectivity index (χ0n) is 9.64. The quantitative estimate of drug-likeness (QED) is 0.509. The molecule has 0 atom stereocenters. The Morgan fingerprint density at radius 3 is 2.32 bits per heavy atom. The molecule has 0 amide bonds. The third-order valence-electron chi connectivity index (χ3n) is 2.66. The molecule has 0 radical (unpaired) electrons. The van der Waals surface area contributed by atoms with E-state index in [9.17, 15) is 17.6 Å². The summed E-state index contributed by atoms with van der Waals surface area (Å²) in [4.78, 5) is 0. The van der Waals surface area contributed by atoms with Gasteiger partial charge in [0.1, 0.15) is 5.82 Å². The Hall–Kier alpha value is -1.36. The van der Waals surface area contributed by atoms with Gasteiger partial charge in [-0.15, -0.1) is 0 Å². The molecule has 2 aromatic carbocycles. The van der Waals surface area contributed by atoms with E-state index in [1.165, 1.54) is 24.3 Å². The molecule has 0 aliphatic rings. The van der Waals surface area contributed by atoms with E-state index in [2.05, 4.69) is 15.9 Å². The SMILES string of the molecule is Fc1cc(CBr)cc(-c2ccccc2C(F)(F)F)c1. The molecule has 0 nitrogen and oxygen atoms in total. The minimum Gasteiger partial charge on any atom is -0.207 e. The van der Waals surface area contributed by atoms with Gasteiger partial charge in [-0.3, -0.25) is 0 Å². The molecule has 0 aliphatic heterocycles. The lowest BCUT2D eigenvalue weighted by Crippen LogP contribution is -2.07. The Labute approximate surface area is 116 Å². The van der Waals surface area contributed by atoms with Crippen LogP contribution in [0.3, 0.4) is 0 Å². The van der Waals surface area contributed by atoms with Crippen molar-refractivity contribution in [2.75, 3.05) is 0 Å². The summed E-state index contributed by atoms with van der Waals surface area (Å²) in [6.07, 6.45) is -4.46. The van der Waals surface area contributed by atoms with Crippen molar-refractivity contribution in [1.82, 2.24) is 0 Å². The lowest BCUT2D eigenvalue weighted by atomic mass is 9.98. The van der Waals surface area contributed by atoms with Crippen LogP contribution in [0, 0.1) is 5.82 Å². The lowest BCUT2D eigenvalue weighted by molar-refractivity contribution is -0.137. The molecule has 0 fully saturated rings. The molecular weight excluding hydrogens is 324 g/mol. The molecule has 0 aliphatic carbocycles. The van der Waals surface area contributed by atoms with Crippen molar-refractivity contribution in [3.8, 4) is 11.1 Å². The lowest BCUT2D eigenvalue weighted by Gasteiger charge is -2.13. The van der Waals surface area contributed by atoms with E-state index in [0.29, 0.717) is 10.9 Å². The standard InChI is InChI=1S/C14H9BrF4/c15-8-9-5-10(7-11(16)6-9)12-3-1-2-4-13(12)14(17,18)19/h1-7H,8H2. The van der Waals surface area contributed by atoms with E-state index in [-0.39, 0.29) is 11.1 Å². The van der Waals surface area contributed by atoms with E-state index in [4.69, 9.17) is 0 Å². The summed E-state index contributed by atoms with van der Waals surface area (Å²) < 4.78 is 52.2. The second kappa shape index (κ2) is 5.33. The highest BCUT2D eigenvalue weighted by Crippen LogP contribution is 2.37. The molecule has 2 aromatic rings. The Balaban J connectivity index is 2.62. The normalized spacial score (nSPS) is 11.6. The zero-order valence-corrected chi connectivity index (χ0v) is 11.2. The van der Waals surface area contributed by atoms with Gasteiger partial charge < -0.3 is 0 Å². The molecule has 0 saturated carbocycles. The number of hydrogen-bond donors (Lipinski definition) is 0. The molecule has 5 heteroatoms. The van der Waals surface area contributed by atoms with Crippen molar-refractivity contribution in [1.29, 1.82) is 0 Å². The molecular formula is C14H9BrF4. The van der Waals surface area contributed by atoms with Crippen LogP contribution < -0.4 is 0 Å². The van der Waals surface area contributed by atoms with E-state index < -0.39 is 17.6 Å². The predicted molar refractivity (Wildman–Crippen MR) is 69.5 cm³/mol. The summed E-state index contributed by atoms with van der Waals surface area (Å²) in [6, 6.07) is 9.09. The smallest absolute Gasteiger partial charge is 0.207 e. The van der Waals surface area contributed by atoms with Crippen molar-refractivity contribution >= 4 is 15.9 Å². The maximum atomic E-state index is 13.4. The maximum Gasteiger partial charge on any atom is 0.417 e. The van der Waals surface area contributed by atoms with Crippen LogP contribution in [-0.2, 0) is 11.5 Å². The third kappa shape index (κ3) is 3.15. The van der Waals surface area contributed by atoms with Crippen molar-refractivity contribution < 1.29 is 17.6 Å². The minimum absolute atomic E-state index is 0.0169. The van der Waals surface area contributed by atoms with Crippen LogP contribution in [0.2, 0.25) is 0 Å². The Morgan fingerprint density at radius 1 is 1.00 bits per heavy atom. The zero-order chi connectivity index (χ0) is 14.0. The second-order valence-corrected chi connectivity index (χ2v) is 4.59. The van der Waals surface area contributed by atoms with Gasteiger partial charge in [0.05, 0.1) is 5.56 Å². The molecule has 0 spiro atoms. The second-order valence-electron chi connectivity index (χ2n) is 4.03. The van der Waals surface area contributed by atoms with Gasteiger partial charge in [0, 0.05) is 5.33 Å². The van der Waals surface area contributed by atoms with Crippen LogP contribution in [0.25, 0.3) is 11.1 Å². The van der Waals surface area contributed by atoms with Crippen LogP contribution in [0.1, 0.15) is 11.1 Å². The summed E-state index contributed by atoms with van der Waals surface area (Å²) in [7, 11) is 0. The van der Waals surface area contributed by atoms with Crippen molar-refractivity contribution in [2.45, 2.75) is 11.5 Å². The van der Waals surface area contributed by atoms with Crippen molar-refractivity contribution in [2.24, 2.45) is 0 Å². The van der Waals surface area contributed by atoms with Crippen molar-refractivity contribution in [3.63, 3.8) is 0 Å². The maximum absolute atomic E-state index is 13.4. The Kier molecular flexibility index (Phi) is 3.94. The summed E-state index contributed by atoms with van der Waals surface area (Å²) in [5.74, 6) is -0.552. The predicted octanol–water partition coefficient (Wildman–Crippen LogP) is 5.41. The molecule has 0 heterocycles. The molecule has 0 saturated heterocycles. The van der Waals surface area contributed by atoms with Gasteiger partial charge in [0.2, 0.25) is 0 Å². The first-order valence-corrected chi connectivity index (χ1v) is 6.56. The molecule has 19 heavy (non-hydrogen) atoms. The van der Waals surface area contributed by atoms with Crippen LogP contribution in [-0.4, -0.2) is 0 Å². The number of hydrogen-bond acceptors (Lipinski definition) is 0. The van der Waals surface area contributed by atoms with E-state index in [1.807, 2.05) is 0 Å². The average molecular weight is 333 g/mol. The number of halogens is 5. The average Bonchev–Trinajstić information content (AvgIpc) is 2.37. The molecule has 0 N–H and O–H groups in total. The molecule has 0 unspecified atom stereocenters. The van der Waals surface area contributed by atoms with Crippen LogP contribution in [0.5, 0.6) is 0 Å². The summed E-state index contributed by atoms with van der Waals surface area (Å²) >= 11 is 3.17. The highest BCUT2D eigenvalue weighted by Gasteiger charge is 2.33. The van der Waals surface area contributed by atoms with Gasteiger partial charge >= 0.3 is 6.18 Å². The van der Waals surface area contributed by atoms with Gasteiger partial charge in [-0.1, -0.05) is 40.2 Å². The Morgan fingerprint density at radius 2 is 1.68 bits per heavy atom. The monoisotopic (exact) mass is 332 g/mol. The summed E-state index contributed by atoms with van der Waals surface area (Å²) in [5, 5.41) is 0.381. The minimum atomic E-state index is -4.46. The van der Waals surface area contributed by atoms with Crippen molar-refractivity contribution in [3.05, 3.63) is 59.4 Å². The third-order valence-corrected chi connectivity index (χ3v) is 3.30. The molecule has 0 aromatic heterocycles. The Bertz CT molecular complexity index is 590. The van der Waals surface area contributed by atoms with Gasteiger partial charge in [0.15, 0.2) is 0 Å². The molecule has 100 valence electrons. The van der Waals surface area contributed by atoms with E-state index >= 15 is 0 Å². The van der Waals surface area contributed by atoms with Gasteiger partial charge in [0.25, 0.3) is 0 Å². The van der Waals surface area contributed by atoms with Crippen LogP contribution >= 0.6 is 15.9 Å². The number of rotatable bonds is 2. The van der Waals surface area contributed by atoms with Crippen LogP contribution in [0.4, 0.5) is 17.6 Å². The highest BCUT2D eigenvalue weighted by molar-refractivity contribution is 9.08. The first-order valence-electron chi connectivity index (χ1n) is 5.44. The molecule has 2 rings (SSSR count). The van der Waals surface area contributed by atoms with Gasteiger partial charge in [-0.2, -0.15) is 13.2 Å². The fraction of sp³-hybridized carbons (Fsp3) is 0.143. The topological polar surface area (TPSA) is 0 Å². The largest absolute Gasteiger partial charge is 0.417 e. The first kappa shape index (κ1) is 14.1. The van der Waals surface area contributed by atoms with Gasteiger partial charge in [-0.25, -0.2) is 4.39 Å². The highest BCUT2D eigenvalue weighted by atomic mass is 79.9. The van der Waals surface area contributed by atoms with Gasteiger partial charge in [-0.05, 0) is 34.9 Å². The first-order chi connectivity index (χ1) is 8.91.